The Hall–Kier alpha value is -3.47. The van der Waals surface area contributed by atoms with Crippen LogP contribution in [0.4, 0.5) is 22.7 Å². The van der Waals surface area contributed by atoms with Crippen molar-refractivity contribution in [1.29, 1.82) is 0 Å². The number of carboxylic acids is 1. The van der Waals surface area contributed by atoms with Crippen LogP contribution in [0, 0.1) is 17.8 Å². The third-order valence-corrected chi connectivity index (χ3v) is 8.99. The van der Waals surface area contributed by atoms with Crippen molar-refractivity contribution >= 4 is 28.7 Å². The highest BCUT2D eigenvalue weighted by Crippen LogP contribution is 2.51. The summed E-state index contributed by atoms with van der Waals surface area (Å²) in [4.78, 5) is 16.0. The van der Waals surface area contributed by atoms with Crippen LogP contribution < -0.4 is 14.5 Å². The lowest BCUT2D eigenvalue weighted by atomic mass is 9.57. The minimum absolute atomic E-state index is 0.156. The molecule has 0 amide bonds. The molecule has 2 saturated carbocycles. The number of rotatable bonds is 7. The minimum Gasteiger partial charge on any atom is -0.496 e. The maximum absolute atomic E-state index is 11.9. The van der Waals surface area contributed by atoms with Gasteiger partial charge in [0.15, 0.2) is 0 Å². The van der Waals surface area contributed by atoms with Crippen LogP contribution in [0.3, 0.4) is 0 Å². The summed E-state index contributed by atoms with van der Waals surface area (Å²) < 4.78 is 5.30. The number of ether oxygens (including phenoxy) is 1. The van der Waals surface area contributed by atoms with E-state index >= 15 is 0 Å². The Balaban J connectivity index is 1.32. The molecule has 0 radical (unpaired) electrons. The number of fused-ring (bicyclic) bond motifs is 2. The lowest BCUT2D eigenvalue weighted by molar-refractivity contribution is 0.0694. The molecule has 0 saturated heterocycles. The molecule has 3 aromatic carbocycles. The van der Waals surface area contributed by atoms with E-state index in [1.54, 1.807) is 12.1 Å². The topological polar surface area (TPSA) is 53.0 Å². The fourth-order valence-corrected chi connectivity index (χ4v) is 7.28. The fourth-order valence-electron chi connectivity index (χ4n) is 7.28. The van der Waals surface area contributed by atoms with Gasteiger partial charge in [-0.2, -0.15) is 0 Å². The Morgan fingerprint density at radius 1 is 0.842 bits per heavy atom. The lowest BCUT2D eigenvalue weighted by Crippen LogP contribution is -2.38. The van der Waals surface area contributed by atoms with E-state index in [1.165, 1.54) is 44.8 Å². The van der Waals surface area contributed by atoms with Gasteiger partial charge in [-0.3, -0.25) is 0 Å². The molecule has 5 rings (SSSR count). The predicted molar refractivity (Wildman–Crippen MR) is 156 cm³/mol. The molecule has 2 unspecified atom stereocenters. The van der Waals surface area contributed by atoms with E-state index in [0.717, 1.165) is 34.8 Å². The summed E-state index contributed by atoms with van der Waals surface area (Å²) >= 11 is 0. The molecule has 3 aromatic rings. The molecular formula is C33H40N2O3. The summed E-state index contributed by atoms with van der Waals surface area (Å²) in [5, 5.41) is 9.77. The fraction of sp³-hybridized carbons (Fsp3) is 0.424. The van der Waals surface area contributed by atoms with Crippen LogP contribution in [0.25, 0.3) is 0 Å². The zero-order chi connectivity index (χ0) is 27.0. The highest BCUT2D eigenvalue weighted by Gasteiger charge is 2.41. The molecule has 200 valence electrons. The Kier molecular flexibility index (Phi) is 7.13. The Morgan fingerprint density at radius 3 is 1.89 bits per heavy atom. The second-order valence-electron chi connectivity index (χ2n) is 11.9. The van der Waals surface area contributed by atoms with E-state index in [0.29, 0.717) is 11.4 Å². The van der Waals surface area contributed by atoms with Gasteiger partial charge in [-0.25, -0.2) is 4.79 Å². The number of nitrogens with zero attached hydrogens (tertiary/aromatic N) is 2. The quantitative estimate of drug-likeness (QED) is 0.347. The molecule has 2 bridgehead atoms. The number of carbonyl (C=O) groups is 1. The molecule has 0 spiro atoms. The normalized spacial score (nSPS) is 24.5. The molecule has 0 aromatic heterocycles. The number of aromatic carboxylic acids is 1. The predicted octanol–water partition coefficient (Wildman–Crippen LogP) is 8.03. The van der Waals surface area contributed by atoms with Crippen molar-refractivity contribution in [1.82, 2.24) is 0 Å². The van der Waals surface area contributed by atoms with Gasteiger partial charge in [0.25, 0.3) is 0 Å². The maximum atomic E-state index is 11.9. The molecule has 0 aliphatic heterocycles. The molecule has 38 heavy (non-hydrogen) atoms. The van der Waals surface area contributed by atoms with Crippen molar-refractivity contribution in [3.8, 4) is 5.75 Å². The number of carboxylic acid groups (broad SMARTS) is 1. The molecule has 2 atom stereocenters. The summed E-state index contributed by atoms with van der Waals surface area (Å²) in [6, 6.07) is 22.7. The van der Waals surface area contributed by atoms with Crippen molar-refractivity contribution in [2.45, 2.75) is 51.4 Å². The van der Waals surface area contributed by atoms with Gasteiger partial charge in [-0.1, -0.05) is 32.0 Å². The number of benzene rings is 3. The smallest absolute Gasteiger partial charge is 0.341 e. The molecule has 5 heteroatoms. The van der Waals surface area contributed by atoms with E-state index in [-0.39, 0.29) is 11.0 Å². The molecule has 2 fully saturated rings. The van der Waals surface area contributed by atoms with Gasteiger partial charge in [0.2, 0.25) is 0 Å². The van der Waals surface area contributed by atoms with Crippen molar-refractivity contribution in [3.63, 3.8) is 0 Å². The third kappa shape index (κ3) is 4.99. The standard InChI is InChI=1S/C33H40N2O3/c1-22-17-23-19-24(18-22)21-33(2,20-23)25-9-11-26(12-10-25)34(3)27-13-15-28(16-14-27)35(4)29-7-6-8-30(38-5)31(29)32(36)37/h6-16,22-24H,17-21H2,1-5H3,(H,36,37). The van der Waals surface area contributed by atoms with Crippen molar-refractivity contribution in [2.24, 2.45) is 17.8 Å². The summed E-state index contributed by atoms with van der Waals surface area (Å²) in [6.07, 6.45) is 6.85. The van der Waals surface area contributed by atoms with E-state index in [2.05, 4.69) is 62.2 Å². The van der Waals surface area contributed by atoms with Crippen molar-refractivity contribution in [2.75, 3.05) is 31.0 Å². The van der Waals surface area contributed by atoms with Gasteiger partial charge in [-0.05, 0) is 109 Å². The zero-order valence-corrected chi connectivity index (χ0v) is 23.3. The molecule has 1 N–H and O–H groups in total. The van der Waals surface area contributed by atoms with Crippen molar-refractivity contribution in [3.05, 3.63) is 77.9 Å². The second-order valence-corrected chi connectivity index (χ2v) is 11.9. The Bertz CT molecular complexity index is 1270. The monoisotopic (exact) mass is 512 g/mol. The van der Waals surface area contributed by atoms with Gasteiger partial charge in [-0.15, -0.1) is 0 Å². The Labute approximate surface area is 227 Å². The van der Waals surface area contributed by atoms with E-state index in [4.69, 9.17) is 4.74 Å². The first kappa shape index (κ1) is 26.1. The molecule has 2 aliphatic carbocycles. The second kappa shape index (κ2) is 10.4. The average Bonchev–Trinajstić information content (AvgIpc) is 2.91. The zero-order valence-electron chi connectivity index (χ0n) is 23.3. The number of methoxy groups -OCH3 is 1. The summed E-state index contributed by atoms with van der Waals surface area (Å²) in [6.45, 7) is 4.91. The maximum Gasteiger partial charge on any atom is 0.341 e. The summed E-state index contributed by atoms with van der Waals surface area (Å²) in [5.41, 5.74) is 5.63. The molecule has 5 nitrogen and oxygen atoms in total. The van der Waals surface area contributed by atoms with Crippen molar-refractivity contribution < 1.29 is 14.6 Å². The lowest BCUT2D eigenvalue weighted by Gasteiger charge is -2.47. The van der Waals surface area contributed by atoms with Crippen LogP contribution in [-0.2, 0) is 5.41 Å². The SMILES string of the molecule is COc1cccc(N(C)c2ccc(N(C)c3ccc(C4(C)CC5CC(C)CC(C5)C4)cc3)cc2)c1C(=O)O. The molecule has 0 heterocycles. The van der Waals surface area contributed by atoms with Gasteiger partial charge < -0.3 is 19.6 Å². The first-order valence-electron chi connectivity index (χ1n) is 13.8. The number of hydrogen-bond acceptors (Lipinski definition) is 4. The minimum atomic E-state index is -1.01. The largest absolute Gasteiger partial charge is 0.496 e. The summed E-state index contributed by atoms with van der Waals surface area (Å²) in [7, 11) is 5.45. The van der Waals surface area contributed by atoms with Crippen LogP contribution in [0.2, 0.25) is 0 Å². The number of anilines is 4. The highest BCUT2D eigenvalue weighted by molar-refractivity contribution is 5.98. The van der Waals surface area contributed by atoms with Crippen LogP contribution in [0.15, 0.2) is 66.7 Å². The van der Waals surface area contributed by atoms with E-state index < -0.39 is 5.97 Å². The van der Waals surface area contributed by atoms with E-state index in [1.807, 2.05) is 30.1 Å². The van der Waals surface area contributed by atoms with Crippen LogP contribution in [0.1, 0.15) is 61.9 Å². The van der Waals surface area contributed by atoms with Gasteiger partial charge in [0.1, 0.15) is 11.3 Å². The average molecular weight is 513 g/mol. The first-order valence-corrected chi connectivity index (χ1v) is 13.8. The van der Waals surface area contributed by atoms with Crippen LogP contribution >= 0.6 is 0 Å². The third-order valence-electron chi connectivity index (χ3n) is 8.99. The molecular weight excluding hydrogens is 472 g/mol. The van der Waals surface area contributed by atoms with Crippen LogP contribution in [0.5, 0.6) is 5.75 Å². The van der Waals surface area contributed by atoms with E-state index in [9.17, 15) is 9.90 Å². The summed E-state index contributed by atoms with van der Waals surface area (Å²) in [5.74, 6) is 1.99. The molecule has 2 aliphatic rings. The number of hydrogen-bond donors (Lipinski definition) is 1. The van der Waals surface area contributed by atoms with Crippen LogP contribution in [-0.4, -0.2) is 32.3 Å². The van der Waals surface area contributed by atoms with Gasteiger partial charge in [0.05, 0.1) is 12.8 Å². The first-order chi connectivity index (χ1) is 18.2. The Morgan fingerprint density at radius 2 is 1.37 bits per heavy atom. The van der Waals surface area contributed by atoms with Gasteiger partial charge >= 0.3 is 5.97 Å². The van der Waals surface area contributed by atoms with Gasteiger partial charge in [0, 0.05) is 31.2 Å². The highest BCUT2D eigenvalue weighted by atomic mass is 16.5.